The third-order valence-electron chi connectivity index (χ3n) is 5.56. The van der Waals surface area contributed by atoms with Crippen molar-refractivity contribution in [3.8, 4) is 0 Å². The quantitative estimate of drug-likeness (QED) is 0.711. The molecule has 0 atom stereocenters. The summed E-state index contributed by atoms with van der Waals surface area (Å²) in [7, 11) is -3.64. The van der Waals surface area contributed by atoms with Gasteiger partial charge in [-0.25, -0.2) is 8.42 Å². The molecule has 2 N–H and O–H groups in total. The monoisotopic (exact) mass is 462 g/mol. The van der Waals surface area contributed by atoms with Crippen LogP contribution in [0.1, 0.15) is 40.1 Å². The number of anilines is 1. The van der Waals surface area contributed by atoms with Gasteiger partial charge in [0, 0.05) is 43.9 Å². The van der Waals surface area contributed by atoms with Crippen molar-refractivity contribution >= 4 is 39.3 Å². The molecule has 1 aromatic carbocycles. The molecule has 0 spiro atoms. The third kappa shape index (κ3) is 4.81. The minimum absolute atomic E-state index is 0.0715. The number of carbonyl (C=O) groups is 2. The summed E-state index contributed by atoms with van der Waals surface area (Å²) in [5, 5.41) is 2.76. The number of nitrogens with one attached hydrogen (secondary N) is 2. The van der Waals surface area contributed by atoms with Gasteiger partial charge < -0.3 is 15.2 Å². The van der Waals surface area contributed by atoms with E-state index < -0.39 is 15.9 Å². The van der Waals surface area contributed by atoms with Gasteiger partial charge in [-0.2, -0.15) is 16.1 Å². The van der Waals surface area contributed by atoms with E-state index in [4.69, 9.17) is 0 Å². The second kappa shape index (κ2) is 9.46. The molecule has 0 bridgehead atoms. The van der Waals surface area contributed by atoms with Crippen molar-refractivity contribution in [1.82, 2.24) is 14.2 Å². The summed E-state index contributed by atoms with van der Waals surface area (Å²) >= 11 is 1.73. The molecular weight excluding hydrogens is 436 g/mol. The van der Waals surface area contributed by atoms with Gasteiger partial charge in [0.2, 0.25) is 10.0 Å². The van der Waals surface area contributed by atoms with E-state index in [0.717, 1.165) is 30.8 Å². The molecule has 2 aliphatic heterocycles. The van der Waals surface area contributed by atoms with E-state index >= 15 is 0 Å². The first-order valence-corrected chi connectivity index (χ1v) is 13.0. The van der Waals surface area contributed by atoms with Gasteiger partial charge in [-0.3, -0.25) is 9.59 Å². The first-order chi connectivity index (χ1) is 15.0. The van der Waals surface area contributed by atoms with Crippen LogP contribution in [0.15, 0.2) is 41.4 Å². The Morgan fingerprint density at radius 3 is 2.45 bits per heavy atom. The molecule has 2 saturated heterocycles. The Labute approximate surface area is 186 Å². The molecule has 3 heterocycles. The second-order valence-electron chi connectivity index (χ2n) is 7.62. The van der Waals surface area contributed by atoms with E-state index in [2.05, 4.69) is 10.3 Å². The maximum absolute atomic E-state index is 12.9. The molecule has 8 nitrogen and oxygen atoms in total. The second-order valence-corrected chi connectivity index (χ2v) is 10.8. The maximum Gasteiger partial charge on any atom is 0.272 e. The van der Waals surface area contributed by atoms with E-state index in [0.29, 0.717) is 37.4 Å². The SMILES string of the molecule is O=C(Nc1ccccc1C(=O)N1CCCCC1)c1cc(S(=O)(=O)N2CCSCC2)c[nH]1. The number of thioether (sulfide) groups is 1. The zero-order chi connectivity index (χ0) is 21.8. The highest BCUT2D eigenvalue weighted by molar-refractivity contribution is 7.99. The third-order valence-corrected chi connectivity index (χ3v) is 8.38. The molecule has 2 aliphatic rings. The predicted octanol–water partition coefficient (Wildman–Crippen LogP) is 2.63. The molecular formula is C21H26N4O4S2. The number of aromatic amines is 1. The predicted molar refractivity (Wildman–Crippen MR) is 121 cm³/mol. The smallest absolute Gasteiger partial charge is 0.272 e. The van der Waals surface area contributed by atoms with Crippen LogP contribution in [-0.4, -0.2) is 72.1 Å². The number of H-pyrrole nitrogens is 1. The van der Waals surface area contributed by atoms with Crippen LogP contribution in [0.2, 0.25) is 0 Å². The normalized spacial score (nSPS) is 18.0. The molecule has 0 aliphatic carbocycles. The van der Waals surface area contributed by atoms with Crippen LogP contribution in [0.4, 0.5) is 5.69 Å². The lowest BCUT2D eigenvalue weighted by Gasteiger charge is -2.27. The van der Waals surface area contributed by atoms with Gasteiger partial charge in [-0.15, -0.1) is 0 Å². The standard InChI is InChI=1S/C21H26N4O4S2/c26-20(19-14-16(15-22-19)31(28,29)25-10-12-30-13-11-25)23-18-7-3-2-6-17(18)21(27)24-8-4-1-5-9-24/h2-3,6-7,14-15,22H,1,4-5,8-13H2,(H,23,26). The minimum atomic E-state index is -3.64. The number of carbonyl (C=O) groups excluding carboxylic acids is 2. The zero-order valence-corrected chi connectivity index (χ0v) is 18.8. The Morgan fingerprint density at radius 2 is 1.71 bits per heavy atom. The van der Waals surface area contributed by atoms with Crippen LogP contribution in [-0.2, 0) is 10.0 Å². The first kappa shape index (κ1) is 21.9. The largest absolute Gasteiger partial charge is 0.356 e. The summed E-state index contributed by atoms with van der Waals surface area (Å²) in [6.45, 7) is 2.36. The van der Waals surface area contributed by atoms with Crippen molar-refractivity contribution in [2.45, 2.75) is 24.2 Å². The average Bonchev–Trinajstić information content (AvgIpc) is 3.32. The fourth-order valence-corrected chi connectivity index (χ4v) is 6.40. The Balaban J connectivity index is 1.50. The lowest BCUT2D eigenvalue weighted by Crippen LogP contribution is -2.37. The summed E-state index contributed by atoms with van der Waals surface area (Å²) in [4.78, 5) is 30.4. The van der Waals surface area contributed by atoms with Crippen LogP contribution in [0.3, 0.4) is 0 Å². The number of amides is 2. The van der Waals surface area contributed by atoms with Crippen LogP contribution >= 0.6 is 11.8 Å². The highest BCUT2D eigenvalue weighted by atomic mass is 32.2. The Bertz CT molecular complexity index is 1050. The van der Waals surface area contributed by atoms with Crippen molar-refractivity contribution in [2.75, 3.05) is 43.0 Å². The summed E-state index contributed by atoms with van der Waals surface area (Å²) in [5.74, 6) is 0.931. The van der Waals surface area contributed by atoms with Crippen molar-refractivity contribution in [3.05, 3.63) is 47.8 Å². The number of benzene rings is 1. The average molecular weight is 463 g/mol. The van der Waals surface area contributed by atoms with E-state index in [9.17, 15) is 18.0 Å². The van der Waals surface area contributed by atoms with Gasteiger partial charge >= 0.3 is 0 Å². The first-order valence-electron chi connectivity index (χ1n) is 10.4. The summed E-state index contributed by atoms with van der Waals surface area (Å²) < 4.78 is 27.1. The Hall–Kier alpha value is -2.30. The minimum Gasteiger partial charge on any atom is -0.356 e. The molecule has 10 heteroatoms. The van der Waals surface area contributed by atoms with Crippen molar-refractivity contribution in [1.29, 1.82) is 0 Å². The molecule has 0 radical (unpaired) electrons. The van der Waals surface area contributed by atoms with Crippen LogP contribution in [0, 0.1) is 0 Å². The van der Waals surface area contributed by atoms with Gasteiger partial charge in [-0.05, 0) is 37.5 Å². The fourth-order valence-electron chi connectivity index (χ4n) is 3.83. The molecule has 0 saturated carbocycles. The number of nitrogens with zero attached hydrogens (tertiary/aromatic N) is 2. The molecule has 1 aromatic heterocycles. The van der Waals surface area contributed by atoms with E-state index in [1.807, 2.05) is 4.90 Å². The highest BCUT2D eigenvalue weighted by Gasteiger charge is 2.28. The van der Waals surface area contributed by atoms with Crippen molar-refractivity contribution in [2.24, 2.45) is 0 Å². The molecule has 31 heavy (non-hydrogen) atoms. The Kier molecular flexibility index (Phi) is 6.68. The topological polar surface area (TPSA) is 103 Å². The van der Waals surface area contributed by atoms with E-state index in [1.54, 1.807) is 36.0 Å². The van der Waals surface area contributed by atoms with E-state index in [-0.39, 0.29) is 16.5 Å². The highest BCUT2D eigenvalue weighted by Crippen LogP contribution is 2.23. The maximum atomic E-state index is 12.9. The number of para-hydroxylation sites is 1. The summed E-state index contributed by atoms with van der Waals surface area (Å²) in [5.41, 5.74) is 0.975. The number of hydrogen-bond acceptors (Lipinski definition) is 5. The molecule has 2 fully saturated rings. The van der Waals surface area contributed by atoms with Gasteiger partial charge in [0.1, 0.15) is 10.6 Å². The number of piperidine rings is 1. The van der Waals surface area contributed by atoms with Gasteiger partial charge in [-0.1, -0.05) is 12.1 Å². The number of likely N-dealkylation sites (tertiary alicyclic amines) is 1. The molecule has 2 aromatic rings. The fraction of sp³-hybridized carbons (Fsp3) is 0.429. The van der Waals surface area contributed by atoms with Crippen LogP contribution < -0.4 is 5.32 Å². The number of hydrogen-bond donors (Lipinski definition) is 2. The van der Waals surface area contributed by atoms with Crippen LogP contribution in [0.25, 0.3) is 0 Å². The number of rotatable bonds is 5. The Morgan fingerprint density at radius 1 is 1.00 bits per heavy atom. The lowest BCUT2D eigenvalue weighted by molar-refractivity contribution is 0.0725. The van der Waals surface area contributed by atoms with Crippen molar-refractivity contribution in [3.63, 3.8) is 0 Å². The summed E-state index contributed by atoms with van der Waals surface area (Å²) in [6.07, 6.45) is 4.43. The van der Waals surface area contributed by atoms with Gasteiger partial charge in [0.25, 0.3) is 11.8 Å². The molecule has 4 rings (SSSR count). The molecule has 2 amide bonds. The summed E-state index contributed by atoms with van der Waals surface area (Å²) in [6, 6.07) is 8.25. The van der Waals surface area contributed by atoms with Crippen LogP contribution in [0.5, 0.6) is 0 Å². The molecule has 0 unspecified atom stereocenters. The number of sulfonamides is 1. The number of aromatic nitrogens is 1. The van der Waals surface area contributed by atoms with E-state index in [1.165, 1.54) is 16.6 Å². The van der Waals surface area contributed by atoms with Gasteiger partial charge in [0.05, 0.1) is 11.3 Å². The lowest BCUT2D eigenvalue weighted by atomic mass is 10.1. The zero-order valence-electron chi connectivity index (χ0n) is 17.2. The van der Waals surface area contributed by atoms with Crippen molar-refractivity contribution < 1.29 is 18.0 Å². The van der Waals surface area contributed by atoms with Gasteiger partial charge in [0.15, 0.2) is 0 Å². The molecule has 166 valence electrons.